The van der Waals surface area contributed by atoms with Gasteiger partial charge in [-0.15, -0.1) is 11.3 Å². The molecule has 3 rings (SSSR count). The van der Waals surface area contributed by atoms with Gasteiger partial charge in [0.05, 0.1) is 12.2 Å². The Balaban J connectivity index is 1.48. The van der Waals surface area contributed by atoms with Crippen LogP contribution in [0.15, 0.2) is 35.3 Å². The third-order valence-electron chi connectivity index (χ3n) is 4.47. The van der Waals surface area contributed by atoms with E-state index < -0.39 is 0 Å². The number of nitrogens with one attached hydrogen (secondary N) is 1. The van der Waals surface area contributed by atoms with E-state index in [4.69, 9.17) is 4.74 Å². The molecule has 25 heavy (non-hydrogen) atoms. The summed E-state index contributed by atoms with van der Waals surface area (Å²) in [6.07, 6.45) is 2.29. The van der Waals surface area contributed by atoms with E-state index in [0.29, 0.717) is 0 Å². The van der Waals surface area contributed by atoms with E-state index in [0.717, 1.165) is 54.9 Å². The van der Waals surface area contributed by atoms with Crippen molar-refractivity contribution in [2.75, 3.05) is 20.1 Å². The van der Waals surface area contributed by atoms with Gasteiger partial charge in [-0.2, -0.15) is 0 Å². The van der Waals surface area contributed by atoms with Gasteiger partial charge in [-0.3, -0.25) is 4.99 Å². The van der Waals surface area contributed by atoms with E-state index in [9.17, 15) is 0 Å². The number of hydrogen-bond acceptors (Lipinski definition) is 4. The molecule has 5 nitrogen and oxygen atoms in total. The third-order valence-corrected chi connectivity index (χ3v) is 5.54. The zero-order chi connectivity index (χ0) is 17.6. The largest absolute Gasteiger partial charge is 0.490 e. The molecule has 0 aliphatic carbocycles. The summed E-state index contributed by atoms with van der Waals surface area (Å²) in [5.74, 6) is 1.90. The zero-order valence-corrected chi connectivity index (χ0v) is 16.0. The van der Waals surface area contributed by atoms with Gasteiger partial charge in [0.25, 0.3) is 0 Å². The molecule has 134 valence electrons. The van der Waals surface area contributed by atoms with Gasteiger partial charge in [0.15, 0.2) is 5.96 Å². The first-order valence-corrected chi connectivity index (χ1v) is 9.57. The molecule has 6 heteroatoms. The Morgan fingerprint density at radius 1 is 1.28 bits per heavy atom. The van der Waals surface area contributed by atoms with E-state index >= 15 is 0 Å². The second-order valence-electron chi connectivity index (χ2n) is 6.27. The highest BCUT2D eigenvalue weighted by atomic mass is 32.1. The number of nitrogens with zero attached hydrogens (tertiary/aromatic N) is 3. The summed E-state index contributed by atoms with van der Waals surface area (Å²) < 4.78 is 6.07. The number of aryl methyl sites for hydroxylation is 2. The Hall–Kier alpha value is -2.08. The minimum atomic E-state index is 0.279. The second-order valence-corrected chi connectivity index (χ2v) is 7.56. The van der Waals surface area contributed by atoms with Crippen LogP contribution in [0.4, 0.5) is 0 Å². The van der Waals surface area contributed by atoms with E-state index in [-0.39, 0.29) is 6.10 Å². The number of piperidine rings is 1. The summed E-state index contributed by atoms with van der Waals surface area (Å²) in [4.78, 5) is 12.6. The van der Waals surface area contributed by atoms with Crippen molar-refractivity contribution < 1.29 is 4.74 Å². The van der Waals surface area contributed by atoms with E-state index in [1.54, 1.807) is 11.3 Å². The molecule has 0 spiro atoms. The summed E-state index contributed by atoms with van der Waals surface area (Å²) in [5, 5.41) is 4.55. The molecule has 0 radical (unpaired) electrons. The lowest BCUT2D eigenvalue weighted by Crippen LogP contribution is -2.47. The predicted molar refractivity (Wildman–Crippen MR) is 103 cm³/mol. The molecular weight excluding hydrogens is 332 g/mol. The van der Waals surface area contributed by atoms with Crippen molar-refractivity contribution >= 4 is 17.3 Å². The SMILES string of the molecule is CN=C(NCc1nc(C)c(C)s1)N1CCC(Oc2ccccc2)CC1. The van der Waals surface area contributed by atoms with Crippen LogP contribution in [0.5, 0.6) is 5.75 Å². The molecule has 1 aromatic heterocycles. The Kier molecular flexibility index (Phi) is 5.91. The molecule has 1 N–H and O–H groups in total. The number of aliphatic imine (C=N–C) groups is 1. The first kappa shape index (κ1) is 17.7. The molecule has 0 saturated carbocycles. The number of para-hydroxylation sites is 1. The van der Waals surface area contributed by atoms with Crippen LogP contribution < -0.4 is 10.1 Å². The molecule has 1 aliphatic rings. The summed E-state index contributed by atoms with van der Waals surface area (Å²) >= 11 is 1.75. The second kappa shape index (κ2) is 8.34. The normalized spacial score (nSPS) is 16.1. The van der Waals surface area contributed by atoms with Gasteiger partial charge in [-0.05, 0) is 26.0 Å². The molecule has 1 saturated heterocycles. The maximum Gasteiger partial charge on any atom is 0.193 e. The Labute approximate surface area is 153 Å². The number of benzene rings is 1. The van der Waals surface area contributed by atoms with Crippen molar-refractivity contribution in [3.05, 3.63) is 45.9 Å². The number of ether oxygens (including phenoxy) is 1. The Bertz CT molecular complexity index is 686. The van der Waals surface area contributed by atoms with Crippen LogP contribution in [0.3, 0.4) is 0 Å². The van der Waals surface area contributed by atoms with Crippen molar-refractivity contribution in [2.24, 2.45) is 4.99 Å². The Morgan fingerprint density at radius 3 is 2.60 bits per heavy atom. The van der Waals surface area contributed by atoms with Gasteiger partial charge < -0.3 is 15.0 Å². The van der Waals surface area contributed by atoms with Crippen molar-refractivity contribution in [3.63, 3.8) is 0 Å². The monoisotopic (exact) mass is 358 g/mol. The van der Waals surface area contributed by atoms with Gasteiger partial charge in [0, 0.05) is 37.9 Å². The molecule has 0 atom stereocenters. The molecule has 0 amide bonds. The fourth-order valence-corrected chi connectivity index (χ4v) is 3.85. The van der Waals surface area contributed by atoms with Crippen LogP contribution in [0, 0.1) is 13.8 Å². The number of likely N-dealkylation sites (tertiary alicyclic amines) is 1. The number of thiazole rings is 1. The molecule has 0 unspecified atom stereocenters. The quantitative estimate of drug-likeness (QED) is 0.672. The van der Waals surface area contributed by atoms with E-state index in [2.05, 4.69) is 34.0 Å². The van der Waals surface area contributed by atoms with Crippen LogP contribution in [0.25, 0.3) is 0 Å². The van der Waals surface area contributed by atoms with E-state index in [1.165, 1.54) is 4.88 Å². The molecule has 1 aromatic carbocycles. The van der Waals surface area contributed by atoms with Crippen molar-refractivity contribution in [3.8, 4) is 5.75 Å². The molecule has 1 aliphatic heterocycles. The number of guanidine groups is 1. The van der Waals surface area contributed by atoms with Crippen LogP contribution in [-0.4, -0.2) is 42.1 Å². The summed E-state index contributed by atoms with van der Waals surface area (Å²) in [5.41, 5.74) is 1.12. The van der Waals surface area contributed by atoms with Crippen molar-refractivity contribution in [1.82, 2.24) is 15.2 Å². The van der Waals surface area contributed by atoms with Crippen molar-refractivity contribution in [1.29, 1.82) is 0 Å². The highest BCUT2D eigenvalue weighted by molar-refractivity contribution is 7.11. The minimum Gasteiger partial charge on any atom is -0.490 e. The Morgan fingerprint density at radius 2 is 2.00 bits per heavy atom. The fraction of sp³-hybridized carbons (Fsp3) is 0.474. The maximum absolute atomic E-state index is 6.07. The van der Waals surface area contributed by atoms with Crippen LogP contribution >= 0.6 is 11.3 Å². The highest BCUT2D eigenvalue weighted by Gasteiger charge is 2.22. The molecule has 1 fully saturated rings. The van der Waals surface area contributed by atoms with Crippen LogP contribution in [0.1, 0.15) is 28.4 Å². The van der Waals surface area contributed by atoms with Gasteiger partial charge in [0.1, 0.15) is 16.9 Å². The lowest BCUT2D eigenvalue weighted by molar-refractivity contribution is 0.129. The van der Waals surface area contributed by atoms with Crippen LogP contribution in [0.2, 0.25) is 0 Å². The summed E-state index contributed by atoms with van der Waals surface area (Å²) in [6, 6.07) is 10.1. The standard InChI is InChI=1S/C19H26N4OS/c1-14-15(2)25-18(22-14)13-21-19(20-3)23-11-9-17(10-12-23)24-16-7-5-4-6-8-16/h4-8,17H,9-13H2,1-3H3,(H,20,21). The molecular formula is C19H26N4OS. The summed E-state index contributed by atoms with van der Waals surface area (Å²) in [7, 11) is 1.84. The number of rotatable bonds is 4. The summed E-state index contributed by atoms with van der Waals surface area (Å²) in [6.45, 7) is 6.80. The smallest absolute Gasteiger partial charge is 0.193 e. The third kappa shape index (κ3) is 4.72. The van der Waals surface area contributed by atoms with Gasteiger partial charge in [-0.1, -0.05) is 18.2 Å². The van der Waals surface area contributed by atoms with E-state index in [1.807, 2.05) is 37.4 Å². The first-order valence-electron chi connectivity index (χ1n) is 8.76. The van der Waals surface area contributed by atoms with Crippen LogP contribution in [-0.2, 0) is 6.54 Å². The maximum atomic E-state index is 6.07. The number of hydrogen-bond donors (Lipinski definition) is 1. The molecule has 2 aromatic rings. The van der Waals surface area contributed by atoms with Gasteiger partial charge in [0.2, 0.25) is 0 Å². The average Bonchev–Trinajstić information content (AvgIpc) is 2.95. The van der Waals surface area contributed by atoms with Gasteiger partial charge in [-0.25, -0.2) is 4.98 Å². The first-order chi connectivity index (χ1) is 12.2. The lowest BCUT2D eigenvalue weighted by Gasteiger charge is -2.34. The highest BCUT2D eigenvalue weighted by Crippen LogP contribution is 2.19. The predicted octanol–water partition coefficient (Wildman–Crippen LogP) is 3.38. The average molecular weight is 359 g/mol. The zero-order valence-electron chi connectivity index (χ0n) is 15.2. The molecule has 0 bridgehead atoms. The molecule has 2 heterocycles. The van der Waals surface area contributed by atoms with Crippen molar-refractivity contribution in [2.45, 2.75) is 39.3 Å². The topological polar surface area (TPSA) is 49.8 Å². The lowest BCUT2D eigenvalue weighted by atomic mass is 10.1. The number of aromatic nitrogens is 1. The van der Waals surface area contributed by atoms with Gasteiger partial charge >= 0.3 is 0 Å². The fourth-order valence-electron chi connectivity index (χ4n) is 2.98. The minimum absolute atomic E-state index is 0.279.